The average molecular weight is 297 g/mol. The molecule has 0 aliphatic rings. The lowest BCUT2D eigenvalue weighted by Gasteiger charge is -2.12. The molecule has 0 fully saturated rings. The summed E-state index contributed by atoms with van der Waals surface area (Å²) >= 11 is 0. The molecule has 2 aromatic carbocycles. The molecule has 0 spiro atoms. The standard InChI is InChI=1S/C17H19N3O2/c1-18-17(21)14-8-5-7-13-12-6-3-4-9-15(12)20(16(13)14)19-10-11-22-2/h3-9,19H,10-11H2,1-2H3,(H,18,21). The summed E-state index contributed by atoms with van der Waals surface area (Å²) in [5.41, 5.74) is 5.93. The van der Waals surface area contributed by atoms with Gasteiger partial charge in [-0.3, -0.25) is 9.47 Å². The third-order valence-corrected chi connectivity index (χ3v) is 3.74. The number of methoxy groups -OCH3 is 1. The van der Waals surface area contributed by atoms with E-state index in [1.165, 1.54) is 0 Å². The number of hydrogen-bond donors (Lipinski definition) is 2. The molecule has 5 heteroatoms. The van der Waals surface area contributed by atoms with Crippen molar-refractivity contribution < 1.29 is 9.53 Å². The number of amides is 1. The largest absolute Gasteiger partial charge is 0.383 e. The Bertz CT molecular complexity index is 823. The second-order valence-corrected chi connectivity index (χ2v) is 5.03. The zero-order valence-corrected chi connectivity index (χ0v) is 12.7. The van der Waals surface area contributed by atoms with Crippen LogP contribution in [0, 0.1) is 0 Å². The number of rotatable bonds is 5. The van der Waals surface area contributed by atoms with Gasteiger partial charge in [-0.05, 0) is 12.1 Å². The molecule has 1 heterocycles. The first-order valence-corrected chi connectivity index (χ1v) is 7.25. The van der Waals surface area contributed by atoms with E-state index in [1.807, 2.05) is 41.1 Å². The Labute approximate surface area is 128 Å². The molecule has 0 saturated heterocycles. The minimum Gasteiger partial charge on any atom is -0.383 e. The lowest BCUT2D eigenvalue weighted by atomic mass is 10.1. The molecule has 5 nitrogen and oxygen atoms in total. The van der Waals surface area contributed by atoms with Crippen LogP contribution in [0.4, 0.5) is 0 Å². The van der Waals surface area contributed by atoms with Crippen LogP contribution in [0.1, 0.15) is 10.4 Å². The molecule has 2 N–H and O–H groups in total. The highest BCUT2D eigenvalue weighted by atomic mass is 16.5. The quantitative estimate of drug-likeness (QED) is 0.711. The molecule has 114 valence electrons. The van der Waals surface area contributed by atoms with Crippen LogP contribution in [0.2, 0.25) is 0 Å². The SMILES string of the molecule is CNC(=O)c1cccc2c3ccccc3n(NCCOC)c12. The van der Waals surface area contributed by atoms with Crippen LogP contribution in [0.5, 0.6) is 0 Å². The van der Waals surface area contributed by atoms with Crippen molar-refractivity contribution in [3.05, 3.63) is 48.0 Å². The van der Waals surface area contributed by atoms with Crippen molar-refractivity contribution in [1.29, 1.82) is 0 Å². The molecule has 22 heavy (non-hydrogen) atoms. The van der Waals surface area contributed by atoms with E-state index in [9.17, 15) is 4.79 Å². The van der Waals surface area contributed by atoms with Crippen LogP contribution in [0.15, 0.2) is 42.5 Å². The molecule has 0 bridgehead atoms. The molecule has 0 unspecified atom stereocenters. The fraction of sp³-hybridized carbons (Fsp3) is 0.235. The molecular formula is C17H19N3O2. The van der Waals surface area contributed by atoms with Crippen molar-refractivity contribution in [2.45, 2.75) is 0 Å². The number of carbonyl (C=O) groups is 1. The average Bonchev–Trinajstić information content (AvgIpc) is 2.89. The van der Waals surface area contributed by atoms with Gasteiger partial charge in [-0.2, -0.15) is 0 Å². The number of ether oxygens (including phenoxy) is 1. The highest BCUT2D eigenvalue weighted by Crippen LogP contribution is 2.30. The lowest BCUT2D eigenvalue weighted by Crippen LogP contribution is -2.22. The molecule has 0 aliphatic carbocycles. The number of carbonyl (C=O) groups excluding carboxylic acids is 1. The summed E-state index contributed by atoms with van der Waals surface area (Å²) in [6.45, 7) is 1.25. The van der Waals surface area contributed by atoms with Gasteiger partial charge in [0.15, 0.2) is 0 Å². The highest BCUT2D eigenvalue weighted by Gasteiger charge is 2.16. The van der Waals surface area contributed by atoms with Gasteiger partial charge in [0.1, 0.15) is 0 Å². The molecule has 0 aliphatic heterocycles. The van der Waals surface area contributed by atoms with E-state index in [0.717, 1.165) is 21.8 Å². The van der Waals surface area contributed by atoms with Crippen LogP contribution in [-0.4, -0.2) is 37.9 Å². The molecule has 1 amide bonds. The van der Waals surface area contributed by atoms with Gasteiger partial charge in [-0.1, -0.05) is 30.3 Å². The fourth-order valence-electron chi connectivity index (χ4n) is 2.76. The maximum Gasteiger partial charge on any atom is 0.253 e. The highest BCUT2D eigenvalue weighted by molar-refractivity contribution is 6.15. The minimum absolute atomic E-state index is 0.0943. The number of hydrogen-bond acceptors (Lipinski definition) is 3. The van der Waals surface area contributed by atoms with Gasteiger partial charge in [0.25, 0.3) is 5.91 Å². The minimum atomic E-state index is -0.0943. The van der Waals surface area contributed by atoms with Crippen molar-refractivity contribution in [2.24, 2.45) is 0 Å². The second-order valence-electron chi connectivity index (χ2n) is 5.03. The molecule has 3 rings (SSSR count). The predicted octanol–water partition coefficient (Wildman–Crippen LogP) is 2.34. The van der Waals surface area contributed by atoms with Crippen LogP contribution in [0.3, 0.4) is 0 Å². The first-order chi connectivity index (χ1) is 10.8. The Kier molecular flexibility index (Phi) is 3.98. The summed E-state index contributed by atoms with van der Waals surface area (Å²) in [5.74, 6) is -0.0943. The van der Waals surface area contributed by atoms with Gasteiger partial charge < -0.3 is 15.5 Å². The van der Waals surface area contributed by atoms with E-state index in [4.69, 9.17) is 4.74 Å². The Hall–Kier alpha value is -2.53. The third-order valence-electron chi connectivity index (χ3n) is 3.74. The van der Waals surface area contributed by atoms with E-state index in [2.05, 4.69) is 16.8 Å². The third kappa shape index (κ3) is 2.29. The zero-order valence-electron chi connectivity index (χ0n) is 12.7. The molecule has 3 aromatic rings. The Morgan fingerprint density at radius 1 is 1.14 bits per heavy atom. The predicted molar refractivity (Wildman–Crippen MR) is 88.9 cm³/mol. The second kappa shape index (κ2) is 6.07. The summed E-state index contributed by atoms with van der Waals surface area (Å²) in [6, 6.07) is 13.9. The fourth-order valence-corrected chi connectivity index (χ4v) is 2.76. The van der Waals surface area contributed by atoms with E-state index in [-0.39, 0.29) is 5.91 Å². The summed E-state index contributed by atoms with van der Waals surface area (Å²) in [6.07, 6.45) is 0. The molecule has 0 radical (unpaired) electrons. The Balaban J connectivity index is 2.28. The smallest absolute Gasteiger partial charge is 0.253 e. The van der Waals surface area contributed by atoms with Gasteiger partial charge in [-0.25, -0.2) is 0 Å². The summed E-state index contributed by atoms with van der Waals surface area (Å²) in [4.78, 5) is 12.2. The first-order valence-electron chi connectivity index (χ1n) is 7.25. The lowest BCUT2D eigenvalue weighted by molar-refractivity contribution is 0.0964. The van der Waals surface area contributed by atoms with E-state index in [1.54, 1.807) is 14.2 Å². The Morgan fingerprint density at radius 2 is 1.91 bits per heavy atom. The van der Waals surface area contributed by atoms with Crippen LogP contribution < -0.4 is 10.7 Å². The number of benzene rings is 2. The number of nitrogens with one attached hydrogen (secondary N) is 2. The van der Waals surface area contributed by atoms with E-state index in [0.29, 0.717) is 18.7 Å². The van der Waals surface area contributed by atoms with Gasteiger partial charge in [0, 0.05) is 24.9 Å². The van der Waals surface area contributed by atoms with Crippen molar-refractivity contribution in [3.8, 4) is 0 Å². The maximum absolute atomic E-state index is 12.2. The first kappa shape index (κ1) is 14.4. The number of para-hydroxylation sites is 2. The summed E-state index contributed by atoms with van der Waals surface area (Å²) in [5, 5.41) is 4.88. The van der Waals surface area contributed by atoms with Gasteiger partial charge in [-0.15, -0.1) is 0 Å². The van der Waals surface area contributed by atoms with Crippen molar-refractivity contribution in [3.63, 3.8) is 0 Å². The molecule has 1 aromatic heterocycles. The van der Waals surface area contributed by atoms with Crippen molar-refractivity contribution >= 4 is 27.7 Å². The number of fused-ring (bicyclic) bond motifs is 3. The summed E-state index contributed by atoms with van der Waals surface area (Å²) in [7, 11) is 3.32. The maximum atomic E-state index is 12.2. The van der Waals surface area contributed by atoms with Gasteiger partial charge in [0.2, 0.25) is 0 Å². The van der Waals surface area contributed by atoms with Gasteiger partial charge >= 0.3 is 0 Å². The molecule has 0 saturated carbocycles. The van der Waals surface area contributed by atoms with E-state index >= 15 is 0 Å². The van der Waals surface area contributed by atoms with Crippen LogP contribution in [0.25, 0.3) is 21.8 Å². The Morgan fingerprint density at radius 3 is 2.68 bits per heavy atom. The molecule has 0 atom stereocenters. The topological polar surface area (TPSA) is 55.3 Å². The normalized spacial score (nSPS) is 11.0. The zero-order chi connectivity index (χ0) is 15.5. The summed E-state index contributed by atoms with van der Waals surface area (Å²) < 4.78 is 7.09. The van der Waals surface area contributed by atoms with Crippen molar-refractivity contribution in [2.75, 3.05) is 32.7 Å². The van der Waals surface area contributed by atoms with Crippen LogP contribution in [-0.2, 0) is 4.74 Å². The van der Waals surface area contributed by atoms with Gasteiger partial charge in [0.05, 0.1) is 29.7 Å². The van der Waals surface area contributed by atoms with Crippen molar-refractivity contribution in [1.82, 2.24) is 9.99 Å². The van der Waals surface area contributed by atoms with E-state index < -0.39 is 0 Å². The van der Waals surface area contributed by atoms with Crippen LogP contribution >= 0.6 is 0 Å². The number of aromatic nitrogens is 1. The number of nitrogens with zero attached hydrogens (tertiary/aromatic N) is 1. The monoisotopic (exact) mass is 297 g/mol. The molecular weight excluding hydrogens is 278 g/mol.